The summed E-state index contributed by atoms with van der Waals surface area (Å²) in [5.74, 6) is -2.16. The van der Waals surface area contributed by atoms with Gasteiger partial charge >= 0.3 is 6.18 Å². The molecule has 1 aliphatic rings. The summed E-state index contributed by atoms with van der Waals surface area (Å²) in [7, 11) is 0. The van der Waals surface area contributed by atoms with Crippen LogP contribution in [0.15, 0.2) is 35.2 Å². The Bertz CT molecular complexity index is 775. The average molecular weight is 369 g/mol. The SMILES string of the molecule is CSc1ccc(C2CNCCc3c2cc(O)c(O)c3C(F)(F)F)cc1. The molecule has 0 saturated carbocycles. The first-order valence-corrected chi connectivity index (χ1v) is 9.05. The smallest absolute Gasteiger partial charge is 0.420 e. The van der Waals surface area contributed by atoms with Gasteiger partial charge in [0.1, 0.15) is 5.56 Å². The Kier molecular flexibility index (Phi) is 4.88. The van der Waals surface area contributed by atoms with Gasteiger partial charge in [-0.3, -0.25) is 0 Å². The summed E-state index contributed by atoms with van der Waals surface area (Å²) >= 11 is 1.59. The number of thioether (sulfide) groups is 1. The molecule has 0 fully saturated rings. The Balaban J connectivity index is 2.18. The number of hydrogen-bond donors (Lipinski definition) is 3. The van der Waals surface area contributed by atoms with E-state index in [0.717, 1.165) is 10.5 Å². The fourth-order valence-electron chi connectivity index (χ4n) is 3.31. The van der Waals surface area contributed by atoms with E-state index in [1.807, 2.05) is 30.5 Å². The van der Waals surface area contributed by atoms with E-state index in [0.29, 0.717) is 18.7 Å². The summed E-state index contributed by atoms with van der Waals surface area (Å²) in [5.41, 5.74) is 0.194. The first-order valence-electron chi connectivity index (χ1n) is 7.82. The molecular formula is C18H18F3NO2S. The maximum absolute atomic E-state index is 13.5. The molecule has 1 atom stereocenters. The molecule has 1 aliphatic heterocycles. The average Bonchev–Trinajstić information content (AvgIpc) is 2.77. The molecule has 3 rings (SSSR count). The maximum atomic E-state index is 13.5. The van der Waals surface area contributed by atoms with E-state index in [1.165, 1.54) is 6.07 Å². The van der Waals surface area contributed by atoms with E-state index >= 15 is 0 Å². The summed E-state index contributed by atoms with van der Waals surface area (Å²) in [5, 5.41) is 22.9. The van der Waals surface area contributed by atoms with Crippen LogP contribution in [-0.4, -0.2) is 29.6 Å². The van der Waals surface area contributed by atoms with Gasteiger partial charge in [-0.05, 0) is 54.1 Å². The molecule has 0 aliphatic carbocycles. The topological polar surface area (TPSA) is 52.5 Å². The van der Waals surface area contributed by atoms with Crippen molar-refractivity contribution in [2.75, 3.05) is 19.3 Å². The van der Waals surface area contributed by atoms with Gasteiger partial charge in [0.2, 0.25) is 0 Å². The molecule has 0 spiro atoms. The lowest BCUT2D eigenvalue weighted by Gasteiger charge is -2.22. The van der Waals surface area contributed by atoms with Crippen molar-refractivity contribution in [3.8, 4) is 11.5 Å². The summed E-state index contributed by atoms with van der Waals surface area (Å²) < 4.78 is 40.4. The maximum Gasteiger partial charge on any atom is 0.420 e. The third-order valence-electron chi connectivity index (χ3n) is 4.50. The number of nitrogens with one attached hydrogen (secondary N) is 1. The first-order chi connectivity index (χ1) is 11.8. The van der Waals surface area contributed by atoms with E-state index < -0.39 is 23.2 Å². The number of fused-ring (bicyclic) bond motifs is 1. The van der Waals surface area contributed by atoms with Crippen LogP contribution in [0.2, 0.25) is 0 Å². The van der Waals surface area contributed by atoms with Crippen LogP contribution < -0.4 is 5.32 Å². The summed E-state index contributed by atoms with van der Waals surface area (Å²) in [6.45, 7) is 0.840. The molecular weight excluding hydrogens is 351 g/mol. The Hall–Kier alpha value is -1.86. The number of hydrogen-bond acceptors (Lipinski definition) is 4. The Morgan fingerprint density at radius 2 is 1.84 bits per heavy atom. The molecule has 25 heavy (non-hydrogen) atoms. The third-order valence-corrected chi connectivity index (χ3v) is 5.24. The van der Waals surface area contributed by atoms with E-state index in [9.17, 15) is 23.4 Å². The van der Waals surface area contributed by atoms with Crippen LogP contribution in [0.5, 0.6) is 11.5 Å². The molecule has 7 heteroatoms. The van der Waals surface area contributed by atoms with Crippen LogP contribution in [-0.2, 0) is 12.6 Å². The first kappa shape index (κ1) is 17.9. The van der Waals surface area contributed by atoms with Crippen LogP contribution in [0.1, 0.15) is 28.2 Å². The van der Waals surface area contributed by atoms with Gasteiger partial charge in [-0.1, -0.05) is 12.1 Å². The lowest BCUT2D eigenvalue weighted by molar-refractivity contribution is -0.139. The van der Waals surface area contributed by atoms with Crippen LogP contribution in [0.25, 0.3) is 0 Å². The van der Waals surface area contributed by atoms with E-state index in [2.05, 4.69) is 5.32 Å². The minimum Gasteiger partial charge on any atom is -0.504 e. The number of alkyl halides is 3. The van der Waals surface area contributed by atoms with E-state index in [1.54, 1.807) is 11.8 Å². The van der Waals surface area contributed by atoms with Gasteiger partial charge in [0.05, 0.1) is 0 Å². The molecule has 0 amide bonds. The summed E-state index contributed by atoms with van der Waals surface area (Å²) in [6, 6.07) is 8.90. The number of halogens is 3. The van der Waals surface area contributed by atoms with Crippen LogP contribution in [0.4, 0.5) is 13.2 Å². The normalized spacial score (nSPS) is 17.8. The molecule has 0 aromatic heterocycles. The van der Waals surface area contributed by atoms with Crippen LogP contribution in [0.3, 0.4) is 0 Å². The summed E-state index contributed by atoms with van der Waals surface area (Å²) in [6.07, 6.45) is -2.64. The van der Waals surface area contributed by atoms with Crippen molar-refractivity contribution in [2.24, 2.45) is 0 Å². The van der Waals surface area contributed by atoms with Crippen molar-refractivity contribution in [2.45, 2.75) is 23.4 Å². The van der Waals surface area contributed by atoms with Gasteiger partial charge < -0.3 is 15.5 Å². The highest BCUT2D eigenvalue weighted by Crippen LogP contribution is 2.47. The molecule has 3 nitrogen and oxygen atoms in total. The predicted octanol–water partition coefficient (Wildman–Crippen LogP) is 4.12. The predicted molar refractivity (Wildman–Crippen MR) is 91.4 cm³/mol. The fourth-order valence-corrected chi connectivity index (χ4v) is 3.72. The van der Waals surface area contributed by atoms with Gasteiger partial charge in [-0.2, -0.15) is 13.2 Å². The number of rotatable bonds is 2. The molecule has 3 N–H and O–H groups in total. The third kappa shape index (κ3) is 3.43. The molecule has 1 heterocycles. The van der Waals surface area contributed by atoms with Gasteiger partial charge in [-0.25, -0.2) is 0 Å². The molecule has 2 aromatic carbocycles. The Morgan fingerprint density at radius 1 is 1.16 bits per heavy atom. The number of phenolic OH excluding ortho intramolecular Hbond substituents is 2. The lowest BCUT2D eigenvalue weighted by Crippen LogP contribution is -2.20. The quantitative estimate of drug-likeness (QED) is 0.551. The van der Waals surface area contributed by atoms with E-state index in [-0.39, 0.29) is 17.9 Å². The van der Waals surface area contributed by atoms with Gasteiger partial charge in [0.25, 0.3) is 0 Å². The zero-order valence-corrected chi connectivity index (χ0v) is 14.3. The van der Waals surface area contributed by atoms with Crippen LogP contribution >= 0.6 is 11.8 Å². The number of benzene rings is 2. The molecule has 0 bridgehead atoms. The molecule has 134 valence electrons. The zero-order chi connectivity index (χ0) is 18.2. The van der Waals surface area contributed by atoms with E-state index in [4.69, 9.17) is 0 Å². The second-order valence-corrected chi connectivity index (χ2v) is 6.84. The molecule has 0 saturated heterocycles. The monoisotopic (exact) mass is 369 g/mol. The molecule has 0 radical (unpaired) electrons. The van der Waals surface area contributed by atoms with Crippen molar-refractivity contribution in [1.29, 1.82) is 0 Å². The second-order valence-electron chi connectivity index (χ2n) is 5.96. The number of aromatic hydroxyl groups is 2. The summed E-state index contributed by atoms with van der Waals surface area (Å²) in [4.78, 5) is 1.06. The Morgan fingerprint density at radius 3 is 2.44 bits per heavy atom. The van der Waals surface area contributed by atoms with Gasteiger partial charge in [0, 0.05) is 17.4 Å². The number of phenols is 2. The van der Waals surface area contributed by atoms with Crippen molar-refractivity contribution in [3.63, 3.8) is 0 Å². The van der Waals surface area contributed by atoms with Crippen molar-refractivity contribution < 1.29 is 23.4 Å². The minimum absolute atomic E-state index is 0.0479. The zero-order valence-electron chi connectivity index (χ0n) is 13.5. The highest BCUT2D eigenvalue weighted by molar-refractivity contribution is 7.98. The second kappa shape index (κ2) is 6.80. The highest BCUT2D eigenvalue weighted by Gasteiger charge is 2.40. The largest absolute Gasteiger partial charge is 0.504 e. The highest BCUT2D eigenvalue weighted by atomic mass is 32.2. The van der Waals surface area contributed by atoms with Crippen molar-refractivity contribution in [3.05, 3.63) is 52.6 Å². The molecule has 1 unspecified atom stereocenters. The molecule has 2 aromatic rings. The lowest BCUT2D eigenvalue weighted by atomic mass is 9.85. The Labute approximate surface area is 147 Å². The fraction of sp³-hybridized carbons (Fsp3) is 0.333. The van der Waals surface area contributed by atoms with Gasteiger partial charge in [0.15, 0.2) is 11.5 Å². The standard InChI is InChI=1S/C18H18F3NO2S/c1-25-11-4-2-10(3-5-11)14-9-22-7-6-12-13(14)8-15(23)17(24)16(12)18(19,20)21/h2-5,8,14,22-24H,6-7,9H2,1H3. The minimum atomic E-state index is -4.73. The van der Waals surface area contributed by atoms with Crippen LogP contribution in [0, 0.1) is 0 Å². The van der Waals surface area contributed by atoms with Gasteiger partial charge in [-0.15, -0.1) is 11.8 Å². The van der Waals surface area contributed by atoms with Crippen molar-refractivity contribution in [1.82, 2.24) is 5.32 Å². The van der Waals surface area contributed by atoms with Crippen molar-refractivity contribution >= 4 is 11.8 Å².